The van der Waals surface area contributed by atoms with Crippen LogP contribution in [0.25, 0.3) is 0 Å². The van der Waals surface area contributed by atoms with Crippen LogP contribution in [0.1, 0.15) is 18.4 Å². The molecule has 8 heteroatoms. The van der Waals surface area contributed by atoms with Crippen molar-refractivity contribution < 1.29 is 37.0 Å². The van der Waals surface area contributed by atoms with Crippen LogP contribution >= 0.6 is 0 Å². The molecule has 1 aromatic carbocycles. The number of rotatable bonds is 5. The summed E-state index contributed by atoms with van der Waals surface area (Å²) < 4.78 is 53.3. The molecule has 1 atom stereocenters. The van der Waals surface area contributed by atoms with E-state index in [4.69, 9.17) is 9.47 Å². The van der Waals surface area contributed by atoms with Crippen LogP contribution in [0.2, 0.25) is 0 Å². The lowest BCUT2D eigenvalue weighted by molar-refractivity contribution is -0.157. The van der Waals surface area contributed by atoms with Crippen molar-refractivity contribution in [2.75, 3.05) is 13.3 Å². The largest absolute Gasteiger partial charge is 0.508 e. The molecule has 0 bridgehead atoms. The minimum absolute atomic E-state index is 0.00918. The summed E-state index contributed by atoms with van der Waals surface area (Å²) >= 11 is 0. The van der Waals surface area contributed by atoms with Crippen molar-refractivity contribution in [3.8, 4) is 0 Å². The van der Waals surface area contributed by atoms with Gasteiger partial charge in [-0.15, -0.1) is 0 Å². The van der Waals surface area contributed by atoms with Gasteiger partial charge in [-0.05, 0) is 12.1 Å². The highest BCUT2D eigenvalue weighted by molar-refractivity contribution is 5.72. The zero-order valence-electron chi connectivity index (χ0n) is 11.4. The van der Waals surface area contributed by atoms with Gasteiger partial charge in [0, 0.05) is 18.1 Å². The molecule has 1 unspecified atom stereocenters. The van der Waals surface area contributed by atoms with E-state index in [2.05, 4.69) is 4.74 Å². The van der Waals surface area contributed by atoms with Gasteiger partial charge < -0.3 is 14.2 Å². The molecule has 1 aliphatic heterocycles. The number of carbonyl (C=O) groups is 2. The predicted molar refractivity (Wildman–Crippen MR) is 66.5 cm³/mol. The van der Waals surface area contributed by atoms with Crippen molar-refractivity contribution in [2.24, 2.45) is 0 Å². The van der Waals surface area contributed by atoms with E-state index in [1.807, 2.05) is 0 Å². The Bertz CT molecular complexity index is 578. The normalized spacial score (nSPS) is 21.0. The summed E-state index contributed by atoms with van der Waals surface area (Å²) in [6, 6.07) is 2.82. The van der Waals surface area contributed by atoms with Gasteiger partial charge in [-0.1, -0.05) is 0 Å². The number of halogens is 3. The lowest BCUT2D eigenvalue weighted by Gasteiger charge is -2.32. The molecule has 1 fully saturated rings. The fourth-order valence-corrected chi connectivity index (χ4v) is 1.95. The first-order valence-corrected chi connectivity index (χ1v) is 6.45. The molecule has 0 N–H and O–H groups in total. The molecule has 2 rings (SSSR count). The monoisotopic (exact) mass is 318 g/mol. The van der Waals surface area contributed by atoms with E-state index in [9.17, 15) is 22.8 Å². The second kappa shape index (κ2) is 6.67. The summed E-state index contributed by atoms with van der Waals surface area (Å²) in [6.45, 7) is -1.57. The highest BCUT2D eigenvalue weighted by Crippen LogP contribution is 2.27. The van der Waals surface area contributed by atoms with Crippen molar-refractivity contribution >= 4 is 12.1 Å². The van der Waals surface area contributed by atoms with Gasteiger partial charge in [0.05, 0.1) is 13.0 Å². The van der Waals surface area contributed by atoms with E-state index in [1.54, 1.807) is 0 Å². The highest BCUT2D eigenvalue weighted by atomic mass is 19.1. The van der Waals surface area contributed by atoms with Gasteiger partial charge in [0.2, 0.25) is 0 Å². The van der Waals surface area contributed by atoms with Gasteiger partial charge in [-0.25, -0.2) is 18.0 Å². The minimum Gasteiger partial charge on any atom is -0.461 e. The number of esters is 1. The molecule has 0 aliphatic carbocycles. The molecule has 1 aromatic rings. The van der Waals surface area contributed by atoms with E-state index < -0.39 is 49.1 Å². The zero-order chi connectivity index (χ0) is 16.2. The quantitative estimate of drug-likeness (QED) is 0.781. The average molecular weight is 318 g/mol. The number of alkyl halides is 1. The van der Waals surface area contributed by atoms with Gasteiger partial charge in [0.1, 0.15) is 24.9 Å². The number of ether oxygens (including phenoxy) is 3. The second-order valence-corrected chi connectivity index (χ2v) is 4.84. The average Bonchev–Trinajstić information content (AvgIpc) is 2.46. The van der Waals surface area contributed by atoms with E-state index in [0.717, 1.165) is 12.1 Å². The first kappa shape index (κ1) is 16.1. The van der Waals surface area contributed by atoms with Crippen molar-refractivity contribution in [2.45, 2.75) is 25.0 Å². The molecule has 1 heterocycles. The van der Waals surface area contributed by atoms with E-state index >= 15 is 0 Å². The number of carbonyl (C=O) groups excluding carboxylic acids is 2. The predicted octanol–water partition coefficient (Wildman–Crippen LogP) is 2.66. The van der Waals surface area contributed by atoms with Crippen molar-refractivity contribution in [3.05, 3.63) is 35.4 Å². The summed E-state index contributed by atoms with van der Waals surface area (Å²) in [6.07, 6.45) is -1.56. The molecule has 22 heavy (non-hydrogen) atoms. The molecule has 120 valence electrons. The van der Waals surface area contributed by atoms with Crippen molar-refractivity contribution in [1.82, 2.24) is 0 Å². The maximum Gasteiger partial charge on any atom is 0.508 e. The molecular formula is C14H13F3O5. The fourth-order valence-electron chi connectivity index (χ4n) is 1.95. The molecule has 0 aromatic heterocycles. The van der Waals surface area contributed by atoms with E-state index in [1.165, 1.54) is 0 Å². The molecular weight excluding hydrogens is 305 g/mol. The molecule has 0 amide bonds. The van der Waals surface area contributed by atoms with Crippen LogP contribution in [-0.2, 0) is 25.6 Å². The van der Waals surface area contributed by atoms with E-state index in [-0.39, 0.29) is 18.6 Å². The number of benzene rings is 1. The van der Waals surface area contributed by atoms with Crippen molar-refractivity contribution in [3.63, 3.8) is 0 Å². The van der Waals surface area contributed by atoms with Crippen LogP contribution in [0, 0.1) is 11.6 Å². The van der Waals surface area contributed by atoms with Crippen LogP contribution in [0.15, 0.2) is 18.2 Å². The Morgan fingerprint density at radius 2 is 2.14 bits per heavy atom. The topological polar surface area (TPSA) is 61.8 Å². The van der Waals surface area contributed by atoms with Crippen molar-refractivity contribution in [1.29, 1.82) is 0 Å². The number of cyclic esters (lactones) is 2. The van der Waals surface area contributed by atoms with Gasteiger partial charge in [-0.2, -0.15) is 0 Å². The van der Waals surface area contributed by atoms with Crippen LogP contribution in [-0.4, -0.2) is 31.0 Å². The first-order valence-electron chi connectivity index (χ1n) is 6.45. The molecule has 0 saturated carbocycles. The van der Waals surface area contributed by atoms with Gasteiger partial charge in [0.25, 0.3) is 0 Å². The molecule has 1 aliphatic rings. The lowest BCUT2D eigenvalue weighted by atomic mass is 9.96. The molecule has 0 spiro atoms. The fraction of sp³-hybridized carbons (Fsp3) is 0.429. The van der Waals surface area contributed by atoms with Crippen LogP contribution in [0.4, 0.5) is 18.0 Å². The summed E-state index contributed by atoms with van der Waals surface area (Å²) in [7, 11) is 0. The lowest BCUT2D eigenvalue weighted by Crippen LogP contribution is -2.45. The SMILES string of the molecule is O=C(CC1(CF)CCOC(=O)O1)OCc1ccc(F)cc1F. The Morgan fingerprint density at radius 1 is 1.36 bits per heavy atom. The summed E-state index contributed by atoms with van der Waals surface area (Å²) in [4.78, 5) is 22.7. The smallest absolute Gasteiger partial charge is 0.461 e. The molecule has 1 saturated heterocycles. The third-order valence-electron chi connectivity index (χ3n) is 3.19. The summed E-state index contributed by atoms with van der Waals surface area (Å²) in [5.41, 5.74) is -1.64. The third-order valence-corrected chi connectivity index (χ3v) is 3.19. The Kier molecular flexibility index (Phi) is 4.89. The zero-order valence-corrected chi connectivity index (χ0v) is 11.4. The Labute approximate surface area is 124 Å². The van der Waals surface area contributed by atoms with Gasteiger partial charge >= 0.3 is 12.1 Å². The number of hydrogen-bond donors (Lipinski definition) is 0. The van der Waals surface area contributed by atoms with Crippen LogP contribution < -0.4 is 0 Å². The van der Waals surface area contributed by atoms with Crippen LogP contribution in [0.3, 0.4) is 0 Å². The third kappa shape index (κ3) is 3.90. The second-order valence-electron chi connectivity index (χ2n) is 4.84. The van der Waals surface area contributed by atoms with Gasteiger partial charge in [0.15, 0.2) is 5.60 Å². The first-order chi connectivity index (χ1) is 10.4. The Balaban J connectivity index is 1.93. The molecule has 5 nitrogen and oxygen atoms in total. The van der Waals surface area contributed by atoms with Gasteiger partial charge in [-0.3, -0.25) is 4.79 Å². The number of hydrogen-bond acceptors (Lipinski definition) is 5. The Morgan fingerprint density at radius 3 is 2.77 bits per heavy atom. The standard InChI is InChI=1S/C14H13F3O5/c15-8-14(3-4-20-13(19)22-14)6-12(18)21-7-9-1-2-10(16)5-11(9)17/h1-2,5H,3-4,6-8H2. The summed E-state index contributed by atoms with van der Waals surface area (Å²) in [5.74, 6) is -2.47. The van der Waals surface area contributed by atoms with Crippen LogP contribution in [0.5, 0.6) is 0 Å². The maximum absolute atomic E-state index is 13.4. The highest BCUT2D eigenvalue weighted by Gasteiger charge is 2.41. The maximum atomic E-state index is 13.4. The summed E-state index contributed by atoms with van der Waals surface area (Å²) in [5, 5.41) is 0. The molecule has 0 radical (unpaired) electrons. The van der Waals surface area contributed by atoms with E-state index in [0.29, 0.717) is 6.07 Å². The minimum atomic E-state index is -1.62. The Hall–Kier alpha value is -2.25.